The Bertz CT molecular complexity index is 966. The molecule has 0 saturated carbocycles. The number of nitrogens with zero attached hydrogens (tertiary/aromatic N) is 1. The molecule has 1 amide bonds. The van der Waals surface area contributed by atoms with Crippen molar-refractivity contribution in [2.45, 2.75) is 19.7 Å². The van der Waals surface area contributed by atoms with Crippen LogP contribution in [0.15, 0.2) is 79.1 Å². The number of nitrogens with one attached hydrogen (secondary N) is 1. The highest BCUT2D eigenvalue weighted by Gasteiger charge is 2.14. The molecule has 0 aliphatic heterocycles. The molecule has 0 aliphatic carbocycles. The van der Waals surface area contributed by atoms with E-state index in [1.54, 1.807) is 29.1 Å². The topological polar surface area (TPSA) is 59.3 Å². The number of halogens is 3. The van der Waals surface area contributed by atoms with Crippen molar-refractivity contribution in [3.8, 4) is 5.75 Å². The first kappa shape index (κ1) is 23.2. The summed E-state index contributed by atoms with van der Waals surface area (Å²) in [4.78, 5) is 24.6. The van der Waals surface area contributed by atoms with Gasteiger partial charge in [0.25, 0.3) is 5.91 Å². The van der Waals surface area contributed by atoms with Crippen LogP contribution >= 0.6 is 0 Å². The van der Waals surface area contributed by atoms with Gasteiger partial charge in [0.15, 0.2) is 12.4 Å². The predicted molar refractivity (Wildman–Crippen MR) is 102 cm³/mol. The van der Waals surface area contributed by atoms with Gasteiger partial charge in [0.2, 0.25) is 12.3 Å². The lowest BCUT2D eigenvalue weighted by atomic mass is 10.1. The van der Waals surface area contributed by atoms with Gasteiger partial charge in [-0.1, -0.05) is 30.3 Å². The van der Waals surface area contributed by atoms with Gasteiger partial charge in [-0.2, -0.15) is 13.3 Å². The Balaban J connectivity index is 0.00000320. The zero-order valence-corrected chi connectivity index (χ0v) is 17.4. The number of aromatic nitrogens is 1. The van der Waals surface area contributed by atoms with E-state index in [1.807, 2.05) is 30.3 Å². The largest absolute Gasteiger partial charge is 1.00 e. The Morgan fingerprint density at radius 3 is 2.13 bits per heavy atom. The molecule has 156 valence electrons. The molecule has 0 bridgehead atoms. The summed E-state index contributed by atoms with van der Waals surface area (Å²) < 4.78 is 30.2. The maximum absolute atomic E-state index is 12.3. The first-order valence-corrected chi connectivity index (χ1v) is 8.90. The number of carbonyl (C=O) groups is 2. The molecule has 3 aromatic rings. The van der Waals surface area contributed by atoms with Crippen LogP contribution in [0, 0.1) is 0 Å². The van der Waals surface area contributed by atoms with Crippen LogP contribution in [-0.2, 0) is 13.1 Å². The van der Waals surface area contributed by atoms with Gasteiger partial charge in [0.1, 0.15) is 5.75 Å². The maximum atomic E-state index is 12.3. The van der Waals surface area contributed by atoms with Gasteiger partial charge in [0, 0.05) is 24.2 Å². The molecule has 0 atom stereocenters. The number of carbonyl (C=O) groups excluding carboxylic acids is 2. The van der Waals surface area contributed by atoms with E-state index in [0.717, 1.165) is 5.56 Å². The van der Waals surface area contributed by atoms with Crippen molar-refractivity contribution in [3.63, 3.8) is 0 Å². The number of benzene rings is 2. The highest BCUT2D eigenvalue weighted by atomic mass is 79.9. The molecule has 8 heteroatoms. The molecule has 1 N–H and O–H groups in total. The van der Waals surface area contributed by atoms with Gasteiger partial charge in [-0.25, -0.2) is 0 Å². The number of hydrogen-bond acceptors (Lipinski definition) is 3. The van der Waals surface area contributed by atoms with Crippen LogP contribution in [0.1, 0.15) is 26.3 Å². The van der Waals surface area contributed by atoms with E-state index in [2.05, 4.69) is 10.1 Å². The summed E-state index contributed by atoms with van der Waals surface area (Å²) in [7, 11) is 0. The average Bonchev–Trinajstić information content (AvgIpc) is 2.73. The van der Waals surface area contributed by atoms with E-state index in [-0.39, 0.29) is 41.0 Å². The van der Waals surface area contributed by atoms with E-state index in [0.29, 0.717) is 17.7 Å². The van der Waals surface area contributed by atoms with E-state index >= 15 is 0 Å². The third-order valence-corrected chi connectivity index (χ3v) is 4.18. The molecule has 2 aromatic carbocycles. The molecule has 5 nitrogen and oxygen atoms in total. The van der Waals surface area contributed by atoms with Crippen molar-refractivity contribution < 1.29 is 44.7 Å². The fraction of sp³-hybridized carbons (Fsp3) is 0.136. The minimum atomic E-state index is -2.91. The second kappa shape index (κ2) is 11.2. The number of pyridine rings is 1. The number of alkyl halides is 2. The minimum absolute atomic E-state index is 0. The SMILES string of the molecule is O=C(C[n+]1ccc(C(=O)NCc2ccccc2)cc1)c1ccc(OC(F)F)cc1.[Br-]. The standard InChI is InChI=1S/C22H18F2N2O3.BrH/c23-22(24)29-19-8-6-17(7-9-19)20(27)15-26-12-10-18(11-13-26)21(28)25-14-16-4-2-1-3-5-16;/h1-13,22H,14-15H2;1H. The Labute approximate surface area is 183 Å². The van der Waals surface area contributed by atoms with Crippen LogP contribution in [-0.4, -0.2) is 18.3 Å². The lowest BCUT2D eigenvalue weighted by molar-refractivity contribution is -0.683. The average molecular weight is 477 g/mol. The third-order valence-electron chi connectivity index (χ3n) is 4.18. The fourth-order valence-corrected chi connectivity index (χ4v) is 2.67. The Kier molecular flexibility index (Phi) is 8.61. The van der Waals surface area contributed by atoms with Crippen molar-refractivity contribution >= 4 is 11.7 Å². The lowest BCUT2D eigenvalue weighted by Gasteiger charge is -2.05. The number of hydrogen-bond donors (Lipinski definition) is 1. The highest BCUT2D eigenvalue weighted by molar-refractivity contribution is 5.95. The van der Waals surface area contributed by atoms with Crippen molar-refractivity contribution in [2.75, 3.05) is 0 Å². The molecular formula is C22H19BrF2N2O3. The van der Waals surface area contributed by atoms with E-state index in [9.17, 15) is 18.4 Å². The molecule has 0 spiro atoms. The molecule has 0 saturated heterocycles. The maximum Gasteiger partial charge on any atom is 0.387 e. The van der Waals surface area contributed by atoms with Crippen LogP contribution in [0.5, 0.6) is 5.75 Å². The van der Waals surface area contributed by atoms with Crippen molar-refractivity contribution in [2.24, 2.45) is 0 Å². The van der Waals surface area contributed by atoms with Crippen molar-refractivity contribution in [3.05, 3.63) is 95.8 Å². The number of ketones is 1. The van der Waals surface area contributed by atoms with Gasteiger partial charge < -0.3 is 27.0 Å². The quantitative estimate of drug-likeness (QED) is 0.378. The van der Waals surface area contributed by atoms with Crippen LogP contribution in [0.3, 0.4) is 0 Å². The molecule has 30 heavy (non-hydrogen) atoms. The van der Waals surface area contributed by atoms with Gasteiger partial charge in [0.05, 0.1) is 5.56 Å². The number of Topliss-reactive ketones (excluding diaryl/α,β-unsaturated/α-hetero) is 1. The van der Waals surface area contributed by atoms with Gasteiger partial charge >= 0.3 is 6.61 Å². The molecular weight excluding hydrogens is 458 g/mol. The summed E-state index contributed by atoms with van der Waals surface area (Å²) in [5, 5.41) is 2.84. The summed E-state index contributed by atoms with van der Waals surface area (Å²) in [6.07, 6.45) is 3.28. The summed E-state index contributed by atoms with van der Waals surface area (Å²) in [5.41, 5.74) is 1.87. The second-order valence-electron chi connectivity index (χ2n) is 6.25. The molecule has 3 rings (SSSR count). The van der Waals surface area contributed by atoms with Crippen LogP contribution in [0.2, 0.25) is 0 Å². The normalized spacial score (nSPS) is 10.2. The Morgan fingerprint density at radius 2 is 1.53 bits per heavy atom. The summed E-state index contributed by atoms with van der Waals surface area (Å²) >= 11 is 0. The van der Waals surface area contributed by atoms with E-state index in [1.165, 1.54) is 24.3 Å². The smallest absolute Gasteiger partial charge is 0.387 e. The minimum Gasteiger partial charge on any atom is -1.00 e. The van der Waals surface area contributed by atoms with Crippen molar-refractivity contribution in [1.29, 1.82) is 0 Å². The Morgan fingerprint density at radius 1 is 0.900 bits per heavy atom. The van der Waals surface area contributed by atoms with E-state index in [4.69, 9.17) is 0 Å². The second-order valence-corrected chi connectivity index (χ2v) is 6.25. The van der Waals surface area contributed by atoms with Crippen LogP contribution < -0.4 is 31.6 Å². The summed E-state index contributed by atoms with van der Waals surface area (Å²) in [5.74, 6) is -0.406. The zero-order chi connectivity index (χ0) is 20.6. The fourth-order valence-electron chi connectivity index (χ4n) is 2.67. The highest BCUT2D eigenvalue weighted by Crippen LogP contribution is 2.15. The molecule has 1 aromatic heterocycles. The summed E-state index contributed by atoms with van der Waals surface area (Å²) in [6.45, 7) is -2.42. The Hall–Kier alpha value is -3.13. The first-order valence-electron chi connectivity index (χ1n) is 8.90. The van der Waals surface area contributed by atoms with Crippen LogP contribution in [0.4, 0.5) is 8.78 Å². The summed E-state index contributed by atoms with van der Waals surface area (Å²) in [6, 6.07) is 18.4. The predicted octanol–water partition coefficient (Wildman–Crippen LogP) is 0.392. The van der Waals surface area contributed by atoms with Gasteiger partial charge in [-0.15, -0.1) is 0 Å². The monoisotopic (exact) mass is 476 g/mol. The number of amides is 1. The number of rotatable bonds is 8. The first-order chi connectivity index (χ1) is 14.0. The zero-order valence-electron chi connectivity index (χ0n) is 15.8. The molecule has 0 radical (unpaired) electrons. The third kappa shape index (κ3) is 6.73. The van der Waals surface area contributed by atoms with Gasteiger partial charge in [-0.05, 0) is 29.8 Å². The van der Waals surface area contributed by atoms with E-state index < -0.39 is 6.61 Å². The molecule has 1 heterocycles. The van der Waals surface area contributed by atoms with Crippen LogP contribution in [0.25, 0.3) is 0 Å². The van der Waals surface area contributed by atoms with Gasteiger partial charge in [-0.3, -0.25) is 9.59 Å². The molecule has 0 fully saturated rings. The lowest BCUT2D eigenvalue weighted by Crippen LogP contribution is -3.00. The number of ether oxygens (including phenoxy) is 1. The molecule has 0 unspecified atom stereocenters. The molecule has 0 aliphatic rings. The van der Waals surface area contributed by atoms with Crippen molar-refractivity contribution in [1.82, 2.24) is 5.32 Å².